The molecule has 2 nitrogen and oxygen atoms in total. The summed E-state index contributed by atoms with van der Waals surface area (Å²) >= 11 is 0. The van der Waals surface area contributed by atoms with Crippen molar-refractivity contribution in [3.63, 3.8) is 0 Å². The van der Waals surface area contributed by atoms with E-state index in [4.69, 9.17) is 0 Å². The highest BCUT2D eigenvalue weighted by Gasteiger charge is 2.29. The van der Waals surface area contributed by atoms with Gasteiger partial charge in [-0.3, -0.25) is 0 Å². The second-order valence-electron chi connectivity index (χ2n) is 5.86. The van der Waals surface area contributed by atoms with Crippen molar-refractivity contribution >= 4 is 5.69 Å². The average Bonchev–Trinajstić information content (AvgIpc) is 2.41. The van der Waals surface area contributed by atoms with Crippen LogP contribution in [0.3, 0.4) is 0 Å². The lowest BCUT2D eigenvalue weighted by Crippen LogP contribution is -2.57. The quantitative estimate of drug-likeness (QED) is 0.900. The molecule has 3 atom stereocenters. The van der Waals surface area contributed by atoms with Gasteiger partial charge in [0.2, 0.25) is 0 Å². The van der Waals surface area contributed by atoms with Crippen LogP contribution in [0.2, 0.25) is 0 Å². The Kier molecular flexibility index (Phi) is 4.46. The largest absolute Gasteiger partial charge is 0.364 e. The van der Waals surface area contributed by atoms with Crippen LogP contribution < -0.4 is 10.2 Å². The van der Waals surface area contributed by atoms with Crippen molar-refractivity contribution in [2.45, 2.75) is 46.2 Å². The molecule has 1 saturated heterocycles. The molecule has 1 aromatic carbocycles. The molecule has 19 heavy (non-hydrogen) atoms. The van der Waals surface area contributed by atoms with Gasteiger partial charge in [0.05, 0.1) is 5.69 Å². The topological polar surface area (TPSA) is 15.3 Å². The van der Waals surface area contributed by atoms with E-state index < -0.39 is 0 Å². The number of rotatable bonds is 3. The van der Waals surface area contributed by atoms with Crippen molar-refractivity contribution in [3.8, 4) is 0 Å². The molecule has 1 fully saturated rings. The minimum atomic E-state index is -0.109. The molecule has 0 bridgehead atoms. The van der Waals surface area contributed by atoms with Crippen molar-refractivity contribution < 1.29 is 4.39 Å². The van der Waals surface area contributed by atoms with E-state index in [2.05, 4.69) is 31.0 Å². The molecular weight excluding hydrogens is 239 g/mol. The Balaban J connectivity index is 2.23. The summed E-state index contributed by atoms with van der Waals surface area (Å²) in [5.74, 6) is 0.505. The predicted molar refractivity (Wildman–Crippen MR) is 79.2 cm³/mol. The first kappa shape index (κ1) is 14.3. The lowest BCUT2D eigenvalue weighted by molar-refractivity contribution is 0.314. The SMILES string of the molecule is CCC(C)C1CN(c2cc(C)ccc2F)C(C)CN1. The maximum absolute atomic E-state index is 14.1. The highest BCUT2D eigenvalue weighted by atomic mass is 19.1. The van der Waals surface area contributed by atoms with Crippen LogP contribution in [0.25, 0.3) is 0 Å². The molecule has 1 heterocycles. The van der Waals surface area contributed by atoms with Crippen LogP contribution in [0.4, 0.5) is 10.1 Å². The van der Waals surface area contributed by atoms with Crippen LogP contribution in [0, 0.1) is 18.7 Å². The molecule has 0 aromatic heterocycles. The van der Waals surface area contributed by atoms with Gasteiger partial charge >= 0.3 is 0 Å². The Morgan fingerprint density at radius 2 is 2.21 bits per heavy atom. The van der Waals surface area contributed by atoms with Gasteiger partial charge in [0, 0.05) is 25.2 Å². The second kappa shape index (κ2) is 5.91. The van der Waals surface area contributed by atoms with Gasteiger partial charge in [-0.1, -0.05) is 26.3 Å². The van der Waals surface area contributed by atoms with Crippen molar-refractivity contribution in [3.05, 3.63) is 29.6 Å². The van der Waals surface area contributed by atoms with Crippen molar-refractivity contribution in [2.24, 2.45) is 5.92 Å². The summed E-state index contributed by atoms with van der Waals surface area (Å²) in [5.41, 5.74) is 1.87. The third kappa shape index (κ3) is 3.08. The molecule has 0 radical (unpaired) electrons. The Bertz CT molecular complexity index is 433. The van der Waals surface area contributed by atoms with Gasteiger partial charge in [0.25, 0.3) is 0 Å². The van der Waals surface area contributed by atoms with Crippen LogP contribution in [-0.2, 0) is 0 Å². The minimum absolute atomic E-state index is 0.109. The Morgan fingerprint density at radius 1 is 1.47 bits per heavy atom. The third-order valence-corrected chi connectivity index (χ3v) is 4.34. The van der Waals surface area contributed by atoms with E-state index in [-0.39, 0.29) is 5.82 Å². The molecule has 1 aromatic rings. The van der Waals surface area contributed by atoms with Crippen LogP contribution >= 0.6 is 0 Å². The molecule has 0 aliphatic carbocycles. The monoisotopic (exact) mass is 264 g/mol. The molecule has 0 spiro atoms. The van der Waals surface area contributed by atoms with Gasteiger partial charge in [-0.15, -0.1) is 0 Å². The van der Waals surface area contributed by atoms with Crippen LogP contribution in [0.15, 0.2) is 18.2 Å². The predicted octanol–water partition coefficient (Wildman–Crippen LogP) is 3.35. The number of hydrogen-bond donors (Lipinski definition) is 1. The molecule has 0 amide bonds. The van der Waals surface area contributed by atoms with Crippen molar-refractivity contribution in [1.82, 2.24) is 5.32 Å². The summed E-state index contributed by atoms with van der Waals surface area (Å²) in [6, 6.07) is 6.15. The Hall–Kier alpha value is -1.09. The number of nitrogens with zero attached hydrogens (tertiary/aromatic N) is 1. The molecule has 0 saturated carbocycles. The fourth-order valence-electron chi connectivity index (χ4n) is 2.73. The number of aryl methyl sites for hydroxylation is 1. The van der Waals surface area contributed by atoms with E-state index in [1.165, 1.54) is 0 Å². The fraction of sp³-hybridized carbons (Fsp3) is 0.625. The zero-order valence-electron chi connectivity index (χ0n) is 12.4. The van der Waals surface area contributed by atoms with E-state index in [0.29, 0.717) is 18.0 Å². The smallest absolute Gasteiger partial charge is 0.146 e. The van der Waals surface area contributed by atoms with Gasteiger partial charge in [-0.25, -0.2) is 4.39 Å². The highest BCUT2D eigenvalue weighted by molar-refractivity contribution is 5.51. The summed E-state index contributed by atoms with van der Waals surface area (Å²) in [5, 5.41) is 3.59. The molecular formula is C16H25FN2. The number of benzene rings is 1. The summed E-state index contributed by atoms with van der Waals surface area (Å²) in [4.78, 5) is 2.22. The highest BCUT2D eigenvalue weighted by Crippen LogP contribution is 2.26. The summed E-state index contributed by atoms with van der Waals surface area (Å²) in [6.45, 7) is 10.4. The fourth-order valence-corrected chi connectivity index (χ4v) is 2.73. The van der Waals surface area contributed by atoms with Crippen molar-refractivity contribution in [2.75, 3.05) is 18.0 Å². The number of anilines is 1. The lowest BCUT2D eigenvalue weighted by Gasteiger charge is -2.42. The lowest BCUT2D eigenvalue weighted by atomic mass is 9.95. The summed E-state index contributed by atoms with van der Waals surface area (Å²) < 4.78 is 14.1. The number of hydrogen-bond acceptors (Lipinski definition) is 2. The van der Waals surface area contributed by atoms with E-state index in [1.807, 2.05) is 19.1 Å². The van der Waals surface area contributed by atoms with Gasteiger partial charge in [-0.05, 0) is 37.5 Å². The normalized spacial score (nSPS) is 25.4. The zero-order chi connectivity index (χ0) is 14.0. The zero-order valence-corrected chi connectivity index (χ0v) is 12.4. The maximum Gasteiger partial charge on any atom is 0.146 e. The Morgan fingerprint density at radius 3 is 2.89 bits per heavy atom. The van der Waals surface area contributed by atoms with E-state index in [1.54, 1.807) is 6.07 Å². The number of piperazine rings is 1. The first-order valence-electron chi connectivity index (χ1n) is 7.29. The summed E-state index contributed by atoms with van der Waals surface area (Å²) in [7, 11) is 0. The summed E-state index contributed by atoms with van der Waals surface area (Å²) in [6.07, 6.45) is 1.15. The first-order valence-corrected chi connectivity index (χ1v) is 7.29. The third-order valence-electron chi connectivity index (χ3n) is 4.34. The molecule has 3 heteroatoms. The molecule has 3 unspecified atom stereocenters. The maximum atomic E-state index is 14.1. The minimum Gasteiger partial charge on any atom is -0.364 e. The number of nitrogens with one attached hydrogen (secondary N) is 1. The molecule has 106 valence electrons. The van der Waals surface area contributed by atoms with E-state index in [0.717, 1.165) is 30.8 Å². The van der Waals surface area contributed by atoms with Gasteiger partial charge in [0.15, 0.2) is 0 Å². The molecule has 2 rings (SSSR count). The van der Waals surface area contributed by atoms with E-state index in [9.17, 15) is 4.39 Å². The van der Waals surface area contributed by atoms with Crippen LogP contribution in [0.5, 0.6) is 0 Å². The van der Waals surface area contributed by atoms with Gasteiger partial charge in [0.1, 0.15) is 5.82 Å². The number of halogens is 1. The van der Waals surface area contributed by atoms with Crippen molar-refractivity contribution in [1.29, 1.82) is 0 Å². The first-order chi connectivity index (χ1) is 9.02. The molecule has 1 aliphatic rings. The second-order valence-corrected chi connectivity index (χ2v) is 5.86. The molecule has 1 N–H and O–H groups in total. The van der Waals surface area contributed by atoms with Crippen LogP contribution in [-0.4, -0.2) is 25.2 Å². The Labute approximate surface area is 116 Å². The van der Waals surface area contributed by atoms with Gasteiger partial charge < -0.3 is 10.2 Å². The van der Waals surface area contributed by atoms with E-state index >= 15 is 0 Å². The standard InChI is InChI=1S/C16H25FN2/c1-5-12(3)15-10-19(13(4)9-18-15)16-8-11(2)6-7-14(16)17/h6-8,12-13,15,18H,5,9-10H2,1-4H3. The van der Waals surface area contributed by atoms with Crippen LogP contribution in [0.1, 0.15) is 32.8 Å². The average molecular weight is 264 g/mol. The van der Waals surface area contributed by atoms with Gasteiger partial charge in [-0.2, -0.15) is 0 Å². The molecule has 1 aliphatic heterocycles.